The van der Waals surface area contributed by atoms with Crippen molar-refractivity contribution in [2.45, 2.75) is 18.4 Å². The first-order chi connectivity index (χ1) is 6.95. The minimum absolute atomic E-state index is 0.758. The predicted octanol–water partition coefficient (Wildman–Crippen LogP) is 2.74. The zero-order chi connectivity index (χ0) is 9.12. The molecule has 3 heterocycles. The summed E-state index contributed by atoms with van der Waals surface area (Å²) >= 11 is 1.88. The van der Waals surface area contributed by atoms with Crippen molar-refractivity contribution in [3.63, 3.8) is 0 Å². The van der Waals surface area contributed by atoms with Gasteiger partial charge in [0.25, 0.3) is 0 Å². The molecular weight excluding hydrogens is 190 g/mol. The van der Waals surface area contributed by atoms with E-state index in [1.807, 2.05) is 11.3 Å². The Morgan fingerprint density at radius 1 is 1.29 bits per heavy atom. The Labute approximate surface area is 86.6 Å². The average molecular weight is 200 g/mol. The highest BCUT2D eigenvalue weighted by Crippen LogP contribution is 2.55. The van der Waals surface area contributed by atoms with Crippen LogP contribution in [0.2, 0.25) is 0 Å². The number of rotatable bonds is 0. The van der Waals surface area contributed by atoms with Gasteiger partial charge in [-0.05, 0) is 23.1 Å². The number of nitrogens with zero attached hydrogens (tertiary/aromatic N) is 1. The van der Waals surface area contributed by atoms with Crippen molar-refractivity contribution >= 4 is 11.3 Å². The van der Waals surface area contributed by atoms with Gasteiger partial charge < -0.3 is 0 Å². The van der Waals surface area contributed by atoms with Gasteiger partial charge in [-0.3, -0.25) is 0 Å². The van der Waals surface area contributed by atoms with Gasteiger partial charge in [-0.15, -0.1) is 11.3 Å². The average Bonchev–Trinajstić information content (AvgIpc) is 2.89. The molecule has 1 aliphatic heterocycles. The monoisotopic (exact) mass is 200 g/mol. The largest absolute Gasteiger partial charge is 0.223 e. The van der Waals surface area contributed by atoms with Crippen molar-refractivity contribution in [2.75, 3.05) is 0 Å². The third-order valence-corrected chi connectivity index (χ3v) is 4.28. The second-order valence-corrected chi connectivity index (χ2v) is 5.02. The Balaban J connectivity index is 2.10. The van der Waals surface area contributed by atoms with E-state index >= 15 is 0 Å². The smallest absolute Gasteiger partial charge is 0.194 e. The van der Waals surface area contributed by atoms with Crippen LogP contribution in [0.1, 0.15) is 23.9 Å². The Hall–Kier alpha value is -1.15. The highest BCUT2D eigenvalue weighted by Gasteiger charge is 2.52. The standard InChI is InChI=1S/C12H10NS/c1-2-5-13-10(3-1)12-8(4-6-14-12)9-7-11(9)13/h1-6,9,11H,7H2/q+1. The SMILES string of the molecule is c1cc[n+]2c(c1)-c1sccc1C1CC12. The van der Waals surface area contributed by atoms with Crippen LogP contribution >= 0.6 is 11.3 Å². The summed E-state index contributed by atoms with van der Waals surface area (Å²) in [6.07, 6.45) is 3.56. The fourth-order valence-electron chi connectivity index (χ4n) is 2.58. The lowest BCUT2D eigenvalue weighted by molar-refractivity contribution is -0.692. The van der Waals surface area contributed by atoms with E-state index < -0.39 is 0 Å². The van der Waals surface area contributed by atoms with Crippen molar-refractivity contribution in [1.29, 1.82) is 0 Å². The van der Waals surface area contributed by atoms with Gasteiger partial charge in [0.05, 0.1) is 5.92 Å². The maximum absolute atomic E-state index is 2.45. The van der Waals surface area contributed by atoms with Crippen LogP contribution in [0.4, 0.5) is 0 Å². The van der Waals surface area contributed by atoms with E-state index in [2.05, 4.69) is 40.4 Å². The van der Waals surface area contributed by atoms with E-state index in [0.29, 0.717) is 0 Å². The third-order valence-electron chi connectivity index (χ3n) is 3.33. The van der Waals surface area contributed by atoms with Gasteiger partial charge >= 0.3 is 0 Å². The number of thiophene rings is 1. The number of hydrogen-bond acceptors (Lipinski definition) is 1. The van der Waals surface area contributed by atoms with E-state index in [4.69, 9.17) is 0 Å². The van der Waals surface area contributed by atoms with Crippen molar-refractivity contribution in [2.24, 2.45) is 0 Å². The lowest BCUT2D eigenvalue weighted by atomic mass is 10.1. The molecule has 1 fully saturated rings. The molecule has 2 heteroatoms. The summed E-state index contributed by atoms with van der Waals surface area (Å²) in [5.74, 6) is 0.816. The Bertz CT molecular complexity index is 515. The van der Waals surface area contributed by atoms with E-state index in [-0.39, 0.29) is 0 Å². The molecule has 0 radical (unpaired) electrons. The highest BCUT2D eigenvalue weighted by atomic mass is 32.1. The van der Waals surface area contributed by atoms with Crippen LogP contribution < -0.4 is 4.57 Å². The Kier molecular flexibility index (Phi) is 1.16. The number of aromatic nitrogens is 1. The fraction of sp³-hybridized carbons (Fsp3) is 0.250. The third kappa shape index (κ3) is 0.735. The van der Waals surface area contributed by atoms with E-state index in [0.717, 1.165) is 12.0 Å². The van der Waals surface area contributed by atoms with Crippen LogP contribution in [-0.2, 0) is 0 Å². The molecule has 2 aromatic rings. The molecule has 0 bridgehead atoms. The van der Waals surface area contributed by atoms with Crippen LogP contribution in [0.5, 0.6) is 0 Å². The minimum atomic E-state index is 0.758. The highest BCUT2D eigenvalue weighted by molar-refractivity contribution is 7.13. The molecule has 4 rings (SSSR count). The molecule has 0 N–H and O–H groups in total. The van der Waals surface area contributed by atoms with E-state index in [1.54, 1.807) is 5.56 Å². The van der Waals surface area contributed by atoms with Crippen molar-refractivity contribution < 1.29 is 4.57 Å². The molecule has 0 amide bonds. The molecule has 2 aromatic heterocycles. The summed E-state index contributed by atoms with van der Waals surface area (Å²) in [7, 11) is 0. The number of pyridine rings is 1. The van der Waals surface area contributed by atoms with Crippen LogP contribution in [0.25, 0.3) is 10.6 Å². The molecule has 1 nitrogen and oxygen atoms in total. The van der Waals surface area contributed by atoms with Gasteiger partial charge in [-0.2, -0.15) is 4.57 Å². The molecule has 1 saturated carbocycles. The first-order valence-electron chi connectivity index (χ1n) is 5.03. The van der Waals surface area contributed by atoms with Gasteiger partial charge in [-0.25, -0.2) is 0 Å². The number of fused-ring (bicyclic) bond motifs is 6. The normalized spacial score (nSPS) is 26.3. The molecule has 2 aliphatic rings. The zero-order valence-corrected chi connectivity index (χ0v) is 8.50. The van der Waals surface area contributed by atoms with E-state index in [9.17, 15) is 0 Å². The van der Waals surface area contributed by atoms with Crippen LogP contribution in [0, 0.1) is 0 Å². The molecule has 0 spiro atoms. The van der Waals surface area contributed by atoms with Crippen LogP contribution in [0.3, 0.4) is 0 Å². The lowest BCUT2D eigenvalue weighted by Gasteiger charge is -2.08. The molecule has 2 unspecified atom stereocenters. The molecule has 0 aromatic carbocycles. The first-order valence-corrected chi connectivity index (χ1v) is 5.91. The molecule has 2 atom stereocenters. The molecule has 1 aliphatic carbocycles. The summed E-state index contributed by atoms with van der Waals surface area (Å²) < 4.78 is 2.45. The summed E-state index contributed by atoms with van der Waals surface area (Å²) in [6, 6.07) is 9.58. The minimum Gasteiger partial charge on any atom is -0.194 e. The van der Waals surface area contributed by atoms with Crippen molar-refractivity contribution in [1.82, 2.24) is 0 Å². The second kappa shape index (κ2) is 2.26. The second-order valence-electron chi connectivity index (χ2n) is 4.11. The van der Waals surface area contributed by atoms with Crippen LogP contribution in [-0.4, -0.2) is 0 Å². The Morgan fingerprint density at radius 2 is 2.29 bits per heavy atom. The van der Waals surface area contributed by atoms with Gasteiger partial charge in [0.2, 0.25) is 5.69 Å². The Morgan fingerprint density at radius 3 is 3.29 bits per heavy atom. The molecule has 14 heavy (non-hydrogen) atoms. The summed E-state index contributed by atoms with van der Waals surface area (Å²) in [6.45, 7) is 0. The summed E-state index contributed by atoms with van der Waals surface area (Å²) in [5, 5.41) is 2.22. The van der Waals surface area contributed by atoms with Crippen molar-refractivity contribution in [3.8, 4) is 10.6 Å². The van der Waals surface area contributed by atoms with Crippen molar-refractivity contribution in [3.05, 3.63) is 41.4 Å². The lowest BCUT2D eigenvalue weighted by Crippen LogP contribution is -2.36. The molecule has 68 valence electrons. The summed E-state index contributed by atoms with van der Waals surface area (Å²) in [4.78, 5) is 1.49. The first kappa shape index (κ1) is 7.18. The molecular formula is C12H10NS+. The topological polar surface area (TPSA) is 3.88 Å². The van der Waals surface area contributed by atoms with Gasteiger partial charge in [0, 0.05) is 18.6 Å². The van der Waals surface area contributed by atoms with Crippen LogP contribution in [0.15, 0.2) is 35.8 Å². The van der Waals surface area contributed by atoms with Gasteiger partial charge in [-0.1, -0.05) is 0 Å². The van der Waals surface area contributed by atoms with E-state index in [1.165, 1.54) is 17.0 Å². The maximum Gasteiger partial charge on any atom is 0.223 e. The maximum atomic E-state index is 2.45. The van der Waals surface area contributed by atoms with Gasteiger partial charge in [0.15, 0.2) is 12.2 Å². The van der Waals surface area contributed by atoms with Gasteiger partial charge in [0.1, 0.15) is 4.88 Å². The zero-order valence-electron chi connectivity index (χ0n) is 7.68. The molecule has 0 saturated heterocycles. The number of hydrogen-bond donors (Lipinski definition) is 0. The fourth-order valence-corrected chi connectivity index (χ4v) is 3.58. The summed E-state index contributed by atoms with van der Waals surface area (Å²) in [5.41, 5.74) is 3.00. The quantitative estimate of drug-likeness (QED) is 0.576. The predicted molar refractivity (Wildman–Crippen MR) is 56.3 cm³/mol.